The first-order valence-corrected chi connectivity index (χ1v) is 26.9. The van der Waals surface area contributed by atoms with E-state index in [2.05, 4.69) is 21.3 Å². The zero-order valence-corrected chi connectivity index (χ0v) is 44.5. The molecule has 2 aromatic carbocycles. The van der Waals surface area contributed by atoms with Gasteiger partial charge in [0.25, 0.3) is 23.6 Å². The molecule has 0 radical (unpaired) electrons. The minimum absolute atomic E-state index is 0.0173. The fraction of sp³-hybridized carbons (Fsp3) is 0.593. The number of carbonyl (C=O) groups is 10. The Morgan fingerprint density at radius 2 is 0.709 bits per heavy atom. The molecule has 2 unspecified atom stereocenters. The molecule has 0 bridgehead atoms. The summed E-state index contributed by atoms with van der Waals surface area (Å²) in [6.45, 7) is 7.87. The molecular formula is C54H72N6O19. The van der Waals surface area contributed by atoms with Crippen LogP contribution in [0.25, 0.3) is 0 Å². The topological polar surface area (TPSA) is 308 Å². The third-order valence-corrected chi connectivity index (χ3v) is 12.8. The molecule has 2 saturated heterocycles. The second-order valence-corrected chi connectivity index (χ2v) is 18.6. The number of fused-ring (bicyclic) bond motifs is 2. The van der Waals surface area contributed by atoms with Crippen molar-refractivity contribution in [2.75, 3.05) is 130 Å². The summed E-state index contributed by atoms with van der Waals surface area (Å²) in [5.74, 6) is -5.54. The molecule has 25 nitrogen and oxygen atoms in total. The van der Waals surface area contributed by atoms with E-state index in [9.17, 15) is 47.9 Å². The molecule has 4 aliphatic rings. The zero-order chi connectivity index (χ0) is 56.2. The fourth-order valence-corrected chi connectivity index (χ4v) is 8.86. The highest BCUT2D eigenvalue weighted by Crippen LogP contribution is 2.34. The van der Waals surface area contributed by atoms with Gasteiger partial charge < -0.3 is 53.3 Å². The van der Waals surface area contributed by atoms with E-state index in [4.69, 9.17) is 42.6 Å². The molecule has 0 spiro atoms. The number of hydrogen-bond acceptors (Lipinski definition) is 19. The van der Waals surface area contributed by atoms with Crippen LogP contribution in [-0.2, 0) is 71.4 Å². The van der Waals surface area contributed by atoms with Gasteiger partial charge in [0.2, 0.25) is 35.4 Å². The van der Waals surface area contributed by atoms with Crippen LogP contribution in [0, 0.1) is 0 Å². The summed E-state index contributed by atoms with van der Waals surface area (Å²) in [5.41, 5.74) is 0.694. The number of hydrogen-bond donors (Lipinski definition) is 4. The van der Waals surface area contributed by atoms with Crippen LogP contribution in [0.15, 0.2) is 36.4 Å². The van der Waals surface area contributed by atoms with E-state index in [1.807, 2.05) is 0 Å². The highest BCUT2D eigenvalue weighted by atomic mass is 16.6. The molecule has 79 heavy (non-hydrogen) atoms. The van der Waals surface area contributed by atoms with Crippen molar-refractivity contribution in [2.45, 2.75) is 89.1 Å². The molecule has 4 N–H and O–H groups in total. The van der Waals surface area contributed by atoms with Gasteiger partial charge in [0.05, 0.1) is 139 Å². The Hall–Kier alpha value is -6.42. The number of nitrogens with one attached hydrogen (secondary N) is 4. The van der Waals surface area contributed by atoms with Crippen molar-refractivity contribution in [1.82, 2.24) is 20.4 Å². The number of piperidine rings is 2. The van der Waals surface area contributed by atoms with Gasteiger partial charge in [-0.05, 0) is 62.8 Å². The van der Waals surface area contributed by atoms with Crippen LogP contribution < -0.4 is 21.3 Å². The molecule has 2 fully saturated rings. The van der Waals surface area contributed by atoms with Gasteiger partial charge in [-0.2, -0.15) is 0 Å². The fourth-order valence-electron chi connectivity index (χ4n) is 8.86. The highest BCUT2D eigenvalue weighted by molar-refractivity contribution is 6.27. The predicted molar refractivity (Wildman–Crippen MR) is 278 cm³/mol. The van der Waals surface area contributed by atoms with E-state index in [0.29, 0.717) is 132 Å². The third kappa shape index (κ3) is 19.4. The molecular weight excluding hydrogens is 1040 g/mol. The number of carbonyl (C=O) groups excluding carboxylic acids is 10. The second kappa shape index (κ2) is 33.9. The minimum Gasteiger partial charge on any atom is -0.379 e. The molecule has 6 rings (SSSR count). The van der Waals surface area contributed by atoms with Crippen molar-refractivity contribution in [3.8, 4) is 0 Å². The van der Waals surface area contributed by atoms with E-state index in [0.717, 1.165) is 35.5 Å². The van der Waals surface area contributed by atoms with Crippen LogP contribution in [-0.4, -0.2) is 200 Å². The largest absolute Gasteiger partial charge is 0.379 e. The van der Waals surface area contributed by atoms with Crippen molar-refractivity contribution in [1.29, 1.82) is 0 Å². The molecule has 0 aliphatic carbocycles. The lowest BCUT2D eigenvalue weighted by atomic mass is 10.0. The van der Waals surface area contributed by atoms with Gasteiger partial charge in [0.1, 0.15) is 12.1 Å². The third-order valence-electron chi connectivity index (χ3n) is 12.8. The summed E-state index contributed by atoms with van der Waals surface area (Å²) in [7, 11) is 0. The molecule has 2 atom stereocenters. The van der Waals surface area contributed by atoms with Crippen molar-refractivity contribution < 1.29 is 90.6 Å². The summed E-state index contributed by atoms with van der Waals surface area (Å²) < 4.78 is 49.9. The monoisotopic (exact) mass is 1110 g/mol. The summed E-state index contributed by atoms with van der Waals surface area (Å²) in [6.07, 6.45) is 4.72. The van der Waals surface area contributed by atoms with Gasteiger partial charge in [-0.3, -0.25) is 68.4 Å². The van der Waals surface area contributed by atoms with E-state index >= 15 is 0 Å². The summed E-state index contributed by atoms with van der Waals surface area (Å²) in [5, 5.41) is 9.80. The number of anilines is 2. The lowest BCUT2D eigenvalue weighted by Gasteiger charge is -2.27. The van der Waals surface area contributed by atoms with Crippen LogP contribution in [0.2, 0.25) is 0 Å². The van der Waals surface area contributed by atoms with Crippen molar-refractivity contribution in [2.24, 2.45) is 0 Å². The molecule has 10 amide bonds. The quantitative estimate of drug-likeness (QED) is 0.0550. The molecule has 25 heteroatoms. The van der Waals surface area contributed by atoms with Crippen LogP contribution in [0.1, 0.15) is 118 Å². The zero-order valence-electron chi connectivity index (χ0n) is 44.5. The van der Waals surface area contributed by atoms with E-state index in [1.165, 1.54) is 12.1 Å². The Bertz CT molecular complexity index is 2270. The number of amides is 10. The number of imide groups is 4. The van der Waals surface area contributed by atoms with Crippen LogP contribution in [0.5, 0.6) is 0 Å². The molecule has 432 valence electrons. The maximum atomic E-state index is 13.2. The molecule has 0 saturated carbocycles. The number of benzene rings is 2. The average Bonchev–Trinajstić information content (AvgIpc) is 4.02. The Labute approximate surface area is 457 Å². The van der Waals surface area contributed by atoms with Gasteiger partial charge in [0.15, 0.2) is 0 Å². The second-order valence-electron chi connectivity index (χ2n) is 18.6. The number of ether oxygens (including phenoxy) is 9. The summed E-state index contributed by atoms with van der Waals surface area (Å²) in [6, 6.07) is 6.98. The van der Waals surface area contributed by atoms with E-state index in [-0.39, 0.29) is 84.0 Å². The van der Waals surface area contributed by atoms with Gasteiger partial charge in [-0.25, -0.2) is 0 Å². The Kier molecular flexibility index (Phi) is 26.5. The normalized spacial score (nSPS) is 17.1. The minimum atomic E-state index is -1.09. The first-order chi connectivity index (χ1) is 38.5. The molecule has 4 heterocycles. The number of rotatable bonds is 40. The van der Waals surface area contributed by atoms with Crippen molar-refractivity contribution >= 4 is 70.4 Å². The SMILES string of the molecule is O=C1CCC(N2C(=O)c3cccc(NC(=O)CCCCCOCCOCCOCCOCCOCCOCCOCCOCCOCCCCCC(=O)Nc4cccc5c4C(=O)N(C4CCC(=O)NC4=O)C5=O)c3C2=O)C(=O)N1. The van der Waals surface area contributed by atoms with Gasteiger partial charge >= 0.3 is 0 Å². The summed E-state index contributed by atoms with van der Waals surface area (Å²) >= 11 is 0. The van der Waals surface area contributed by atoms with Crippen LogP contribution in [0.4, 0.5) is 11.4 Å². The number of unbranched alkanes of at least 4 members (excludes halogenated alkanes) is 4. The molecule has 2 aromatic rings. The molecule has 4 aliphatic heterocycles. The smallest absolute Gasteiger partial charge is 0.264 e. The van der Waals surface area contributed by atoms with Crippen LogP contribution >= 0.6 is 0 Å². The first kappa shape index (κ1) is 61.8. The predicted octanol–water partition coefficient (Wildman–Crippen LogP) is 2.34. The molecule has 0 aromatic heterocycles. The van der Waals surface area contributed by atoms with E-state index in [1.54, 1.807) is 24.3 Å². The standard InChI is InChI=1S/C54H72N6O19/c61-43(55-39-11-7-9-37-47(39)53(69)59(51(37)67)41-15-17-45(63)57-49(41)65)13-3-1-5-19-71-21-23-73-25-27-75-29-31-77-33-35-79-36-34-78-32-30-76-28-26-74-24-22-72-20-6-2-4-14-44(62)56-40-12-8-10-38-48(40)54(70)60(52(38)68)42-16-18-46(64)58-50(42)66/h7-12,41-42H,1-6,13-36H2,(H,55,61)(H,56,62)(H,57,63,65)(H,58,64,66). The Morgan fingerprint density at radius 1 is 0.405 bits per heavy atom. The van der Waals surface area contributed by atoms with Crippen LogP contribution in [0.3, 0.4) is 0 Å². The van der Waals surface area contributed by atoms with Gasteiger partial charge in [-0.15, -0.1) is 0 Å². The summed E-state index contributed by atoms with van der Waals surface area (Å²) in [4.78, 5) is 127. The van der Waals surface area contributed by atoms with E-state index < -0.39 is 59.3 Å². The van der Waals surface area contributed by atoms with Crippen molar-refractivity contribution in [3.63, 3.8) is 0 Å². The lowest BCUT2D eigenvalue weighted by Crippen LogP contribution is -2.54. The Morgan fingerprint density at radius 3 is 1.01 bits per heavy atom. The maximum absolute atomic E-state index is 13.2. The first-order valence-electron chi connectivity index (χ1n) is 26.9. The maximum Gasteiger partial charge on any atom is 0.264 e. The van der Waals surface area contributed by atoms with Gasteiger partial charge in [0, 0.05) is 38.9 Å². The highest BCUT2D eigenvalue weighted by Gasteiger charge is 2.47. The van der Waals surface area contributed by atoms with Crippen molar-refractivity contribution in [3.05, 3.63) is 58.7 Å². The Balaban J connectivity index is 0.621. The van der Waals surface area contributed by atoms with Gasteiger partial charge in [-0.1, -0.05) is 25.0 Å². The lowest BCUT2D eigenvalue weighted by molar-refractivity contribution is -0.137. The number of nitrogens with zero attached hydrogens (tertiary/aromatic N) is 2. The average molecular weight is 1110 g/mol.